The lowest BCUT2D eigenvalue weighted by Crippen LogP contribution is -2.44. The molecule has 1 aliphatic heterocycles. The molecule has 2 aromatic carbocycles. The third-order valence-electron chi connectivity index (χ3n) is 5.30. The molecule has 0 radical (unpaired) electrons. The Morgan fingerprint density at radius 3 is 2.68 bits per heavy atom. The second-order valence-electron chi connectivity index (χ2n) is 7.34. The molecule has 0 fully saturated rings. The molecule has 1 unspecified atom stereocenters. The predicted octanol–water partition coefficient (Wildman–Crippen LogP) is 2.50. The van der Waals surface area contributed by atoms with E-state index in [2.05, 4.69) is 51.7 Å². The van der Waals surface area contributed by atoms with Crippen molar-refractivity contribution in [3.63, 3.8) is 0 Å². The molecule has 28 heavy (non-hydrogen) atoms. The Hall–Kier alpha value is -2.99. The number of fused-ring (bicyclic) bond motifs is 1. The zero-order valence-electron chi connectivity index (χ0n) is 16.1. The van der Waals surface area contributed by atoms with Crippen LogP contribution in [0.2, 0.25) is 0 Å². The summed E-state index contributed by atoms with van der Waals surface area (Å²) >= 11 is 0. The van der Waals surface area contributed by atoms with Crippen molar-refractivity contribution in [3.8, 4) is 0 Å². The van der Waals surface area contributed by atoms with E-state index in [0.29, 0.717) is 18.8 Å². The highest BCUT2D eigenvalue weighted by molar-refractivity contribution is 5.91. The number of amides is 1. The summed E-state index contributed by atoms with van der Waals surface area (Å²) in [5.74, 6) is -0.177. The van der Waals surface area contributed by atoms with Gasteiger partial charge in [0.05, 0.1) is 12.7 Å². The van der Waals surface area contributed by atoms with Gasteiger partial charge in [0.25, 0.3) is 5.91 Å². The number of nitrogens with zero attached hydrogens (tertiary/aromatic N) is 4. The molecule has 0 saturated heterocycles. The highest BCUT2D eigenvalue weighted by Crippen LogP contribution is 2.20. The normalized spacial score (nSPS) is 15.0. The van der Waals surface area contributed by atoms with Crippen LogP contribution in [-0.2, 0) is 19.5 Å². The minimum atomic E-state index is -0.177. The van der Waals surface area contributed by atoms with Crippen molar-refractivity contribution < 1.29 is 4.79 Å². The molecule has 0 saturated carbocycles. The van der Waals surface area contributed by atoms with Crippen molar-refractivity contribution in [1.82, 2.24) is 25.2 Å². The average molecular weight is 375 g/mol. The van der Waals surface area contributed by atoms with Crippen molar-refractivity contribution in [2.75, 3.05) is 13.1 Å². The first-order valence-corrected chi connectivity index (χ1v) is 9.72. The van der Waals surface area contributed by atoms with Crippen LogP contribution in [0.3, 0.4) is 0 Å². The zero-order valence-corrected chi connectivity index (χ0v) is 16.1. The van der Waals surface area contributed by atoms with Crippen molar-refractivity contribution in [2.24, 2.45) is 0 Å². The SMILES string of the molecule is CC(CNC(=O)c1cn(Cc2ccccc2)nn1)N1CCc2ccccc2C1. The fraction of sp³-hybridized carbons (Fsp3) is 0.318. The maximum atomic E-state index is 12.5. The summed E-state index contributed by atoms with van der Waals surface area (Å²) in [5.41, 5.74) is 4.30. The van der Waals surface area contributed by atoms with E-state index in [-0.39, 0.29) is 11.9 Å². The van der Waals surface area contributed by atoms with Gasteiger partial charge < -0.3 is 5.32 Å². The molecule has 144 valence electrons. The van der Waals surface area contributed by atoms with Gasteiger partial charge in [0.15, 0.2) is 5.69 Å². The monoisotopic (exact) mass is 375 g/mol. The molecule has 3 aromatic rings. The van der Waals surface area contributed by atoms with E-state index in [9.17, 15) is 4.79 Å². The van der Waals surface area contributed by atoms with Crippen LogP contribution in [0.4, 0.5) is 0 Å². The minimum absolute atomic E-state index is 0.177. The summed E-state index contributed by atoms with van der Waals surface area (Å²) in [7, 11) is 0. The van der Waals surface area contributed by atoms with E-state index in [0.717, 1.165) is 25.1 Å². The molecule has 6 heteroatoms. The van der Waals surface area contributed by atoms with E-state index in [1.807, 2.05) is 30.3 Å². The van der Waals surface area contributed by atoms with Gasteiger partial charge in [0.1, 0.15) is 0 Å². The summed E-state index contributed by atoms with van der Waals surface area (Å²) in [6.07, 6.45) is 2.76. The fourth-order valence-electron chi connectivity index (χ4n) is 3.60. The third kappa shape index (κ3) is 4.28. The van der Waals surface area contributed by atoms with Gasteiger partial charge in [-0.1, -0.05) is 59.8 Å². The maximum absolute atomic E-state index is 12.5. The highest BCUT2D eigenvalue weighted by atomic mass is 16.2. The summed E-state index contributed by atoms with van der Waals surface area (Å²) in [6.45, 7) is 5.29. The van der Waals surface area contributed by atoms with Crippen LogP contribution in [0, 0.1) is 0 Å². The van der Waals surface area contributed by atoms with E-state index >= 15 is 0 Å². The Labute approximate surface area is 165 Å². The number of aromatic nitrogens is 3. The summed E-state index contributed by atoms with van der Waals surface area (Å²) in [6, 6.07) is 18.9. The van der Waals surface area contributed by atoms with Crippen LogP contribution in [0.5, 0.6) is 0 Å². The first-order chi connectivity index (χ1) is 13.7. The number of rotatable bonds is 6. The van der Waals surface area contributed by atoms with Crippen molar-refractivity contribution in [3.05, 3.63) is 83.2 Å². The summed E-state index contributed by atoms with van der Waals surface area (Å²) in [5, 5.41) is 11.1. The molecule has 0 spiro atoms. The molecule has 1 aliphatic rings. The van der Waals surface area contributed by atoms with E-state index in [1.165, 1.54) is 11.1 Å². The van der Waals surface area contributed by atoms with Crippen LogP contribution in [-0.4, -0.2) is 44.9 Å². The Balaban J connectivity index is 1.30. The lowest BCUT2D eigenvalue weighted by Gasteiger charge is -2.33. The Bertz CT molecular complexity index is 937. The van der Waals surface area contributed by atoms with Gasteiger partial charge in [-0.25, -0.2) is 4.68 Å². The van der Waals surface area contributed by atoms with Gasteiger partial charge in [-0.2, -0.15) is 0 Å². The molecular weight excluding hydrogens is 350 g/mol. The molecule has 0 aliphatic carbocycles. The van der Waals surface area contributed by atoms with Crippen molar-refractivity contribution in [2.45, 2.75) is 32.5 Å². The van der Waals surface area contributed by atoms with E-state index in [1.54, 1.807) is 10.9 Å². The lowest BCUT2D eigenvalue weighted by molar-refractivity contribution is 0.0927. The molecule has 1 amide bonds. The molecule has 4 rings (SSSR count). The number of hydrogen-bond acceptors (Lipinski definition) is 4. The Kier molecular flexibility index (Phi) is 5.48. The first-order valence-electron chi connectivity index (χ1n) is 9.72. The average Bonchev–Trinajstić information content (AvgIpc) is 3.20. The smallest absolute Gasteiger partial charge is 0.273 e. The fourth-order valence-corrected chi connectivity index (χ4v) is 3.60. The van der Waals surface area contributed by atoms with Crippen molar-refractivity contribution in [1.29, 1.82) is 0 Å². The first kappa shape index (κ1) is 18.4. The second kappa shape index (κ2) is 8.35. The zero-order chi connectivity index (χ0) is 19.3. The maximum Gasteiger partial charge on any atom is 0.273 e. The van der Waals surface area contributed by atoms with Crippen LogP contribution in [0.1, 0.15) is 34.1 Å². The molecule has 0 bridgehead atoms. The van der Waals surface area contributed by atoms with Gasteiger partial charge in [0.2, 0.25) is 0 Å². The second-order valence-corrected chi connectivity index (χ2v) is 7.34. The molecular formula is C22H25N5O. The van der Waals surface area contributed by atoms with Gasteiger partial charge in [0, 0.05) is 25.7 Å². The van der Waals surface area contributed by atoms with Gasteiger partial charge in [-0.15, -0.1) is 5.10 Å². The Morgan fingerprint density at radius 1 is 1.11 bits per heavy atom. The number of nitrogens with one attached hydrogen (secondary N) is 1. The number of hydrogen-bond donors (Lipinski definition) is 1. The highest BCUT2D eigenvalue weighted by Gasteiger charge is 2.21. The molecule has 1 N–H and O–H groups in total. The number of carbonyl (C=O) groups excluding carboxylic acids is 1. The minimum Gasteiger partial charge on any atom is -0.349 e. The molecule has 6 nitrogen and oxygen atoms in total. The lowest BCUT2D eigenvalue weighted by atomic mass is 9.99. The van der Waals surface area contributed by atoms with E-state index < -0.39 is 0 Å². The predicted molar refractivity (Wildman–Crippen MR) is 108 cm³/mol. The van der Waals surface area contributed by atoms with Crippen LogP contribution >= 0.6 is 0 Å². The molecule has 1 aromatic heterocycles. The van der Waals surface area contributed by atoms with Crippen LogP contribution in [0.25, 0.3) is 0 Å². The summed E-state index contributed by atoms with van der Waals surface area (Å²) in [4.78, 5) is 14.9. The number of carbonyl (C=O) groups is 1. The molecule has 2 heterocycles. The van der Waals surface area contributed by atoms with Crippen molar-refractivity contribution >= 4 is 5.91 Å². The third-order valence-corrected chi connectivity index (χ3v) is 5.30. The topological polar surface area (TPSA) is 63.1 Å². The number of benzene rings is 2. The Morgan fingerprint density at radius 2 is 1.86 bits per heavy atom. The van der Waals surface area contributed by atoms with Gasteiger partial charge in [-0.3, -0.25) is 9.69 Å². The standard InChI is InChI=1S/C22H25N5O/c1-17(26-12-11-19-9-5-6-10-20(19)15-26)13-23-22(28)21-16-27(25-24-21)14-18-7-3-2-4-8-18/h2-10,16-17H,11-15H2,1H3,(H,23,28). The van der Waals surface area contributed by atoms with E-state index in [4.69, 9.17) is 0 Å². The van der Waals surface area contributed by atoms with Crippen LogP contribution in [0.15, 0.2) is 60.8 Å². The quantitative estimate of drug-likeness (QED) is 0.719. The summed E-state index contributed by atoms with van der Waals surface area (Å²) < 4.78 is 1.69. The van der Waals surface area contributed by atoms with Gasteiger partial charge in [-0.05, 0) is 30.0 Å². The molecule has 1 atom stereocenters. The largest absolute Gasteiger partial charge is 0.349 e. The van der Waals surface area contributed by atoms with Crippen LogP contribution < -0.4 is 5.32 Å². The van der Waals surface area contributed by atoms with Gasteiger partial charge >= 0.3 is 0 Å².